The van der Waals surface area contributed by atoms with Crippen molar-refractivity contribution in [2.75, 3.05) is 0 Å². The molecule has 0 N–H and O–H groups in total. The van der Waals surface area contributed by atoms with Crippen molar-refractivity contribution >= 4 is 21.5 Å². The van der Waals surface area contributed by atoms with Crippen LogP contribution in [0.1, 0.15) is 27.8 Å². The predicted octanol–water partition coefficient (Wildman–Crippen LogP) is 11.5. The zero-order valence-electron chi connectivity index (χ0n) is 29.0. The molecular formula is C49H30N4O. The summed E-state index contributed by atoms with van der Waals surface area (Å²) in [5.41, 5.74) is 6.62. The Kier molecular flexibility index (Phi) is 7.35. The Morgan fingerprint density at radius 2 is 1.04 bits per heavy atom. The maximum Gasteiger partial charge on any atom is 0.167 e. The second-order valence-corrected chi connectivity index (χ2v) is 13.4. The molecule has 1 aliphatic rings. The maximum atomic E-state index is 9.56. The Bertz CT molecular complexity index is 2880. The van der Waals surface area contributed by atoms with Crippen LogP contribution in [-0.2, 0) is 5.41 Å². The van der Waals surface area contributed by atoms with Gasteiger partial charge in [-0.05, 0) is 75.1 Å². The fraction of sp³-hybridized carbons (Fsp3) is 0.0204. The largest absolute Gasteiger partial charge is 0.456 e. The molecule has 0 fully saturated rings. The van der Waals surface area contributed by atoms with Gasteiger partial charge in [-0.3, -0.25) is 0 Å². The van der Waals surface area contributed by atoms with Crippen LogP contribution in [0.4, 0.5) is 0 Å². The summed E-state index contributed by atoms with van der Waals surface area (Å²) in [5.74, 6) is 3.00. The molecule has 8 aromatic carbocycles. The summed E-state index contributed by atoms with van der Waals surface area (Å²) in [5, 5.41) is 14.0. The Balaban J connectivity index is 1.28. The Morgan fingerprint density at radius 1 is 0.463 bits per heavy atom. The Hall–Kier alpha value is -7.42. The quantitative estimate of drug-likeness (QED) is 0.168. The van der Waals surface area contributed by atoms with Gasteiger partial charge in [0.1, 0.15) is 11.5 Å². The number of ether oxygens (including phenoxy) is 1. The number of nitriles is 1. The number of rotatable bonds is 5. The third kappa shape index (κ3) is 4.89. The molecule has 0 bridgehead atoms. The van der Waals surface area contributed by atoms with Gasteiger partial charge in [-0.1, -0.05) is 140 Å². The Labute approximate surface area is 312 Å². The van der Waals surface area contributed by atoms with Crippen LogP contribution in [-0.4, -0.2) is 15.0 Å². The number of hydrogen-bond acceptors (Lipinski definition) is 5. The van der Waals surface area contributed by atoms with E-state index in [1.807, 2.05) is 30.3 Å². The molecule has 252 valence electrons. The third-order valence-electron chi connectivity index (χ3n) is 10.5. The molecule has 9 aromatic rings. The van der Waals surface area contributed by atoms with Crippen molar-refractivity contribution < 1.29 is 4.74 Å². The predicted molar refractivity (Wildman–Crippen MR) is 214 cm³/mol. The minimum atomic E-state index is -0.691. The van der Waals surface area contributed by atoms with E-state index in [-0.39, 0.29) is 0 Å². The summed E-state index contributed by atoms with van der Waals surface area (Å²) in [6, 6.07) is 64.4. The first-order chi connectivity index (χ1) is 26.7. The van der Waals surface area contributed by atoms with E-state index in [1.165, 1.54) is 5.39 Å². The van der Waals surface area contributed by atoms with Gasteiger partial charge in [-0.2, -0.15) is 5.26 Å². The number of fused-ring (bicyclic) bond motifs is 5. The molecule has 0 spiro atoms. The molecule has 0 saturated carbocycles. The van der Waals surface area contributed by atoms with Gasteiger partial charge in [0.2, 0.25) is 0 Å². The van der Waals surface area contributed by atoms with Crippen molar-refractivity contribution in [1.82, 2.24) is 15.0 Å². The van der Waals surface area contributed by atoms with E-state index in [4.69, 9.17) is 19.7 Å². The molecule has 0 aliphatic carbocycles. The smallest absolute Gasteiger partial charge is 0.167 e. The molecule has 1 aliphatic heterocycles. The lowest BCUT2D eigenvalue weighted by atomic mass is 9.63. The van der Waals surface area contributed by atoms with Crippen molar-refractivity contribution in [1.29, 1.82) is 5.26 Å². The van der Waals surface area contributed by atoms with Crippen LogP contribution in [0.5, 0.6) is 11.5 Å². The highest BCUT2D eigenvalue weighted by Crippen LogP contribution is 2.57. The topological polar surface area (TPSA) is 71.7 Å². The first-order valence-electron chi connectivity index (χ1n) is 17.9. The van der Waals surface area contributed by atoms with Gasteiger partial charge in [0.15, 0.2) is 17.5 Å². The number of aromatic nitrogens is 3. The van der Waals surface area contributed by atoms with Crippen LogP contribution >= 0.6 is 0 Å². The zero-order chi connectivity index (χ0) is 36.1. The van der Waals surface area contributed by atoms with Crippen LogP contribution in [0.15, 0.2) is 182 Å². The minimum absolute atomic E-state index is 0.489. The van der Waals surface area contributed by atoms with E-state index in [0.717, 1.165) is 60.9 Å². The molecule has 10 rings (SSSR count). The summed E-state index contributed by atoms with van der Waals surface area (Å²) in [4.78, 5) is 15.6. The molecule has 0 amide bonds. The number of para-hydroxylation sites is 2. The zero-order valence-corrected chi connectivity index (χ0v) is 29.0. The fourth-order valence-electron chi connectivity index (χ4n) is 8.08. The molecule has 0 unspecified atom stereocenters. The monoisotopic (exact) mass is 690 g/mol. The summed E-state index contributed by atoms with van der Waals surface area (Å²) in [6.45, 7) is 0. The fourth-order valence-corrected chi connectivity index (χ4v) is 8.08. The summed E-state index contributed by atoms with van der Waals surface area (Å²) < 4.78 is 6.97. The highest BCUT2D eigenvalue weighted by molar-refractivity contribution is 6.13. The van der Waals surface area contributed by atoms with Gasteiger partial charge in [-0.15, -0.1) is 0 Å². The van der Waals surface area contributed by atoms with Gasteiger partial charge < -0.3 is 4.74 Å². The van der Waals surface area contributed by atoms with Crippen LogP contribution in [0.3, 0.4) is 0 Å². The van der Waals surface area contributed by atoms with Crippen molar-refractivity contribution in [3.05, 3.63) is 210 Å². The molecule has 0 atom stereocenters. The van der Waals surface area contributed by atoms with Crippen LogP contribution in [0.2, 0.25) is 0 Å². The molecule has 0 radical (unpaired) electrons. The first-order valence-corrected chi connectivity index (χ1v) is 17.9. The molecule has 1 aromatic heterocycles. The van der Waals surface area contributed by atoms with Gasteiger partial charge in [0, 0.05) is 22.3 Å². The van der Waals surface area contributed by atoms with Crippen LogP contribution in [0.25, 0.3) is 55.7 Å². The third-order valence-corrected chi connectivity index (χ3v) is 10.5. The van der Waals surface area contributed by atoms with Crippen molar-refractivity contribution in [3.63, 3.8) is 0 Å². The lowest BCUT2D eigenvalue weighted by molar-refractivity contribution is 0.436. The average Bonchev–Trinajstić information content (AvgIpc) is 3.25. The van der Waals surface area contributed by atoms with Crippen LogP contribution in [0, 0.1) is 11.3 Å². The van der Waals surface area contributed by atoms with Crippen molar-refractivity contribution in [2.24, 2.45) is 0 Å². The van der Waals surface area contributed by atoms with Crippen molar-refractivity contribution in [2.45, 2.75) is 5.41 Å². The SMILES string of the molecule is N#Cc1ccc(-c2nc(-c3cccc4c3Oc3ccccc3C4(c3ccccc3)c3ccccc3)nc(-c3cc4ccccc4c4ccccc34)n2)cc1. The molecule has 5 nitrogen and oxygen atoms in total. The standard InChI is InChI=1S/C49H30N4O/c50-31-32-26-28-33(29-27-32)46-51-47(53-48(52-46)41-30-34-14-7-8-19-37(34)38-20-9-10-21-39(38)41)40-22-13-24-43-45(40)54-44-25-12-11-23-42(44)49(43,35-15-3-1-4-16-35)36-17-5-2-6-18-36/h1-30H. The first kappa shape index (κ1) is 31.3. The average molecular weight is 691 g/mol. The van der Waals surface area contributed by atoms with Gasteiger partial charge in [0.25, 0.3) is 0 Å². The van der Waals surface area contributed by atoms with Crippen molar-refractivity contribution in [3.8, 4) is 51.7 Å². The van der Waals surface area contributed by atoms with E-state index in [9.17, 15) is 5.26 Å². The molecule has 2 heterocycles. The molecular weight excluding hydrogens is 661 g/mol. The number of hydrogen-bond donors (Lipinski definition) is 0. The molecule has 54 heavy (non-hydrogen) atoms. The lowest BCUT2D eigenvalue weighted by Gasteiger charge is -2.42. The highest BCUT2D eigenvalue weighted by atomic mass is 16.5. The summed E-state index contributed by atoms with van der Waals surface area (Å²) in [6.07, 6.45) is 0. The minimum Gasteiger partial charge on any atom is -0.456 e. The summed E-state index contributed by atoms with van der Waals surface area (Å²) in [7, 11) is 0. The molecule has 5 heteroatoms. The molecule has 0 saturated heterocycles. The maximum absolute atomic E-state index is 9.56. The lowest BCUT2D eigenvalue weighted by Crippen LogP contribution is -2.34. The second-order valence-electron chi connectivity index (χ2n) is 13.4. The van der Waals surface area contributed by atoms with E-state index >= 15 is 0 Å². The Morgan fingerprint density at radius 3 is 1.76 bits per heavy atom. The van der Waals surface area contributed by atoms with E-state index in [1.54, 1.807) is 12.1 Å². The number of benzene rings is 8. The van der Waals surface area contributed by atoms with Gasteiger partial charge in [0.05, 0.1) is 22.6 Å². The van der Waals surface area contributed by atoms with E-state index in [0.29, 0.717) is 28.8 Å². The highest BCUT2D eigenvalue weighted by Gasteiger charge is 2.46. The summed E-state index contributed by atoms with van der Waals surface area (Å²) >= 11 is 0. The van der Waals surface area contributed by atoms with E-state index < -0.39 is 5.41 Å². The normalized spacial score (nSPS) is 12.7. The van der Waals surface area contributed by atoms with Crippen LogP contribution < -0.4 is 4.74 Å². The number of nitrogens with zero attached hydrogens (tertiary/aromatic N) is 4. The van der Waals surface area contributed by atoms with Gasteiger partial charge >= 0.3 is 0 Å². The van der Waals surface area contributed by atoms with Gasteiger partial charge in [-0.25, -0.2) is 15.0 Å². The second kappa shape index (κ2) is 12.7. The van der Waals surface area contributed by atoms with E-state index in [2.05, 4.69) is 146 Å².